The fourth-order valence-electron chi connectivity index (χ4n) is 1.67. The maximum absolute atomic E-state index is 13.2. The van der Waals surface area contributed by atoms with Crippen molar-refractivity contribution in [3.8, 4) is 6.07 Å². The lowest BCUT2D eigenvalue weighted by Gasteiger charge is -2.12. The summed E-state index contributed by atoms with van der Waals surface area (Å²) in [4.78, 5) is 11.9. The Labute approximate surface area is 117 Å². The van der Waals surface area contributed by atoms with Crippen LogP contribution in [-0.2, 0) is 9.53 Å². The average molecular weight is 276 g/mol. The van der Waals surface area contributed by atoms with Crippen molar-refractivity contribution in [2.45, 2.75) is 19.9 Å². The zero-order valence-electron chi connectivity index (χ0n) is 11.7. The van der Waals surface area contributed by atoms with Crippen molar-refractivity contribution in [1.82, 2.24) is 5.32 Å². The van der Waals surface area contributed by atoms with Gasteiger partial charge in [-0.15, -0.1) is 0 Å². The molecule has 0 aliphatic rings. The molecule has 1 N–H and O–H groups in total. The molecule has 1 aromatic rings. The minimum absolute atomic E-state index is 0.0287. The van der Waals surface area contributed by atoms with E-state index in [1.807, 2.05) is 6.07 Å². The highest BCUT2D eigenvalue weighted by molar-refractivity contribution is 6.01. The second kappa shape index (κ2) is 7.41. The van der Waals surface area contributed by atoms with Crippen molar-refractivity contribution in [2.24, 2.45) is 0 Å². The van der Waals surface area contributed by atoms with Gasteiger partial charge in [-0.3, -0.25) is 4.79 Å². The van der Waals surface area contributed by atoms with Gasteiger partial charge in [-0.25, -0.2) is 4.39 Å². The number of carbonyl (C=O) groups excluding carboxylic acids is 1. The number of nitrogens with zero attached hydrogens (tertiary/aromatic N) is 1. The maximum Gasteiger partial charge on any atom is 0.262 e. The number of nitrogens with one attached hydrogen (secondary N) is 1. The van der Waals surface area contributed by atoms with Crippen molar-refractivity contribution in [3.05, 3.63) is 40.7 Å². The van der Waals surface area contributed by atoms with Gasteiger partial charge < -0.3 is 10.1 Å². The molecule has 0 aliphatic heterocycles. The Morgan fingerprint density at radius 3 is 2.85 bits per heavy atom. The minimum Gasteiger partial charge on any atom is -0.383 e. The molecule has 1 aromatic carbocycles. The molecule has 1 atom stereocenters. The summed E-state index contributed by atoms with van der Waals surface area (Å²) in [7, 11) is 1.53. The number of aryl methyl sites for hydroxylation is 1. The van der Waals surface area contributed by atoms with Gasteiger partial charge in [-0.05, 0) is 43.2 Å². The third kappa shape index (κ3) is 4.48. The Morgan fingerprint density at radius 1 is 1.60 bits per heavy atom. The highest BCUT2D eigenvalue weighted by Gasteiger charge is 2.12. The largest absolute Gasteiger partial charge is 0.383 e. The molecule has 0 aliphatic carbocycles. The molecule has 0 bridgehead atoms. The second-order valence-corrected chi connectivity index (χ2v) is 4.51. The summed E-state index contributed by atoms with van der Waals surface area (Å²) in [5.41, 5.74) is 1.04. The zero-order chi connectivity index (χ0) is 15.1. The SMILES string of the molecule is COC[C@H](C)NC(=O)/C(C#N)=C/c1ccc(F)c(C)c1. The summed E-state index contributed by atoms with van der Waals surface area (Å²) in [6, 6.07) is 6.06. The van der Waals surface area contributed by atoms with Gasteiger partial charge in [0.15, 0.2) is 0 Å². The number of halogens is 1. The summed E-state index contributed by atoms with van der Waals surface area (Å²) in [6.07, 6.45) is 1.43. The Hall–Kier alpha value is -2.19. The van der Waals surface area contributed by atoms with Gasteiger partial charge in [0.1, 0.15) is 17.5 Å². The van der Waals surface area contributed by atoms with Crippen molar-refractivity contribution < 1.29 is 13.9 Å². The van der Waals surface area contributed by atoms with Gasteiger partial charge >= 0.3 is 0 Å². The lowest BCUT2D eigenvalue weighted by molar-refractivity contribution is -0.117. The molecule has 0 heterocycles. The number of benzene rings is 1. The summed E-state index contributed by atoms with van der Waals surface area (Å²) in [6.45, 7) is 3.76. The number of nitriles is 1. The molecular weight excluding hydrogens is 259 g/mol. The van der Waals surface area contributed by atoms with Crippen LogP contribution in [0, 0.1) is 24.1 Å². The third-order valence-corrected chi connectivity index (χ3v) is 2.65. The Morgan fingerprint density at radius 2 is 2.30 bits per heavy atom. The van der Waals surface area contributed by atoms with Gasteiger partial charge in [0, 0.05) is 13.2 Å². The van der Waals surface area contributed by atoms with E-state index in [2.05, 4.69) is 5.32 Å². The molecule has 0 spiro atoms. The molecule has 4 nitrogen and oxygen atoms in total. The monoisotopic (exact) mass is 276 g/mol. The van der Waals surface area contributed by atoms with Crippen LogP contribution in [0.2, 0.25) is 0 Å². The van der Waals surface area contributed by atoms with Crippen molar-refractivity contribution >= 4 is 12.0 Å². The van der Waals surface area contributed by atoms with Crippen LogP contribution in [0.4, 0.5) is 4.39 Å². The standard InChI is InChI=1S/C15H17FN2O2/c1-10-6-12(4-5-14(10)16)7-13(8-17)15(19)18-11(2)9-20-3/h4-7,11H,9H2,1-3H3,(H,18,19)/b13-7+/t11-/m0/s1. The first-order valence-corrected chi connectivity index (χ1v) is 6.15. The van der Waals surface area contributed by atoms with E-state index in [-0.39, 0.29) is 17.4 Å². The van der Waals surface area contributed by atoms with E-state index >= 15 is 0 Å². The van der Waals surface area contributed by atoms with Crippen LogP contribution >= 0.6 is 0 Å². The number of amides is 1. The molecule has 106 valence electrons. The number of hydrogen-bond donors (Lipinski definition) is 1. The number of ether oxygens (including phenoxy) is 1. The highest BCUT2D eigenvalue weighted by Crippen LogP contribution is 2.12. The summed E-state index contributed by atoms with van der Waals surface area (Å²) >= 11 is 0. The predicted octanol–water partition coefficient (Wildman–Crippen LogP) is 2.19. The summed E-state index contributed by atoms with van der Waals surface area (Å²) in [5, 5.41) is 11.7. The number of rotatable bonds is 5. The van der Waals surface area contributed by atoms with Crippen LogP contribution < -0.4 is 5.32 Å². The van der Waals surface area contributed by atoms with Crippen LogP contribution in [0.1, 0.15) is 18.1 Å². The van der Waals surface area contributed by atoms with Crippen LogP contribution in [0.5, 0.6) is 0 Å². The fourth-order valence-corrected chi connectivity index (χ4v) is 1.67. The van der Waals surface area contributed by atoms with Crippen molar-refractivity contribution in [3.63, 3.8) is 0 Å². The molecule has 0 saturated carbocycles. The van der Waals surface area contributed by atoms with E-state index in [1.54, 1.807) is 19.9 Å². The predicted molar refractivity (Wildman–Crippen MR) is 74.2 cm³/mol. The lowest BCUT2D eigenvalue weighted by atomic mass is 10.1. The van der Waals surface area contributed by atoms with Crippen LogP contribution in [0.15, 0.2) is 23.8 Å². The lowest BCUT2D eigenvalue weighted by Crippen LogP contribution is -2.36. The van der Waals surface area contributed by atoms with Gasteiger partial charge in [0.2, 0.25) is 0 Å². The Bertz CT molecular complexity index is 561. The second-order valence-electron chi connectivity index (χ2n) is 4.51. The molecule has 0 fully saturated rings. The first kappa shape index (κ1) is 15.9. The molecule has 0 radical (unpaired) electrons. The van der Waals surface area contributed by atoms with Gasteiger partial charge in [-0.2, -0.15) is 5.26 Å². The molecular formula is C15H17FN2O2. The molecule has 5 heteroatoms. The molecule has 0 aromatic heterocycles. The minimum atomic E-state index is -0.473. The average Bonchev–Trinajstić information content (AvgIpc) is 2.40. The zero-order valence-corrected chi connectivity index (χ0v) is 11.7. The van der Waals surface area contributed by atoms with E-state index in [4.69, 9.17) is 10.00 Å². The molecule has 20 heavy (non-hydrogen) atoms. The maximum atomic E-state index is 13.2. The van der Waals surface area contributed by atoms with Crippen LogP contribution in [-0.4, -0.2) is 25.7 Å². The Balaban J connectivity index is 2.89. The third-order valence-electron chi connectivity index (χ3n) is 2.65. The van der Waals surface area contributed by atoms with E-state index < -0.39 is 5.91 Å². The van der Waals surface area contributed by atoms with E-state index in [1.165, 1.54) is 25.3 Å². The van der Waals surface area contributed by atoms with Crippen molar-refractivity contribution in [1.29, 1.82) is 5.26 Å². The normalized spacial score (nSPS) is 12.7. The summed E-state index contributed by atoms with van der Waals surface area (Å²) < 4.78 is 18.1. The fraction of sp³-hybridized carbons (Fsp3) is 0.333. The molecule has 0 saturated heterocycles. The molecule has 1 amide bonds. The van der Waals surface area contributed by atoms with Crippen LogP contribution in [0.25, 0.3) is 6.08 Å². The van der Waals surface area contributed by atoms with Crippen LogP contribution in [0.3, 0.4) is 0 Å². The highest BCUT2D eigenvalue weighted by atomic mass is 19.1. The van der Waals surface area contributed by atoms with Gasteiger partial charge in [0.25, 0.3) is 5.91 Å². The number of methoxy groups -OCH3 is 1. The van der Waals surface area contributed by atoms with Gasteiger partial charge in [-0.1, -0.05) is 6.07 Å². The van der Waals surface area contributed by atoms with E-state index in [0.29, 0.717) is 17.7 Å². The summed E-state index contributed by atoms with van der Waals surface area (Å²) in [5.74, 6) is -0.794. The quantitative estimate of drug-likeness (QED) is 0.662. The number of carbonyl (C=O) groups is 1. The van der Waals surface area contributed by atoms with Crippen molar-refractivity contribution in [2.75, 3.05) is 13.7 Å². The van der Waals surface area contributed by atoms with Gasteiger partial charge in [0.05, 0.1) is 6.61 Å². The first-order valence-electron chi connectivity index (χ1n) is 6.15. The first-order chi connectivity index (χ1) is 9.47. The smallest absolute Gasteiger partial charge is 0.262 e. The Kier molecular flexibility index (Phi) is 5.88. The molecule has 1 rings (SSSR count). The topological polar surface area (TPSA) is 62.1 Å². The number of hydrogen-bond acceptors (Lipinski definition) is 3. The van der Waals surface area contributed by atoms with E-state index in [9.17, 15) is 9.18 Å². The molecule has 0 unspecified atom stereocenters. The van der Waals surface area contributed by atoms with E-state index in [0.717, 1.165) is 0 Å².